The summed E-state index contributed by atoms with van der Waals surface area (Å²) < 4.78 is 5.18. The molecule has 2 heterocycles. The van der Waals surface area contributed by atoms with E-state index in [9.17, 15) is 19.2 Å². The Kier molecular flexibility index (Phi) is 5.38. The van der Waals surface area contributed by atoms with E-state index in [-0.39, 0.29) is 16.8 Å². The highest BCUT2D eigenvalue weighted by Gasteiger charge is 2.39. The number of imide groups is 1. The van der Waals surface area contributed by atoms with Gasteiger partial charge < -0.3 is 14.9 Å². The van der Waals surface area contributed by atoms with Gasteiger partial charge >= 0.3 is 12.1 Å². The predicted octanol–water partition coefficient (Wildman–Crippen LogP) is 3.10. The lowest BCUT2D eigenvalue weighted by Gasteiger charge is -2.21. The van der Waals surface area contributed by atoms with Gasteiger partial charge in [-0.3, -0.25) is 9.59 Å². The molecule has 1 aliphatic rings. The van der Waals surface area contributed by atoms with Crippen LogP contribution in [0.5, 0.6) is 0 Å². The van der Waals surface area contributed by atoms with E-state index in [1.54, 1.807) is 39.8 Å². The van der Waals surface area contributed by atoms with Gasteiger partial charge in [0.25, 0.3) is 11.8 Å². The summed E-state index contributed by atoms with van der Waals surface area (Å²) in [6, 6.07) is 5.67. The number of hydrogen-bond donors (Lipinski definition) is 1. The van der Waals surface area contributed by atoms with Gasteiger partial charge in [0.1, 0.15) is 10.6 Å². The summed E-state index contributed by atoms with van der Waals surface area (Å²) in [5.74, 6) is -2.38. The number of hydrogen-bond acceptors (Lipinski definition) is 8. The van der Waals surface area contributed by atoms with Crippen LogP contribution in [0.15, 0.2) is 29.6 Å². The minimum atomic E-state index is -0.952. The van der Waals surface area contributed by atoms with Gasteiger partial charge in [-0.2, -0.15) is 0 Å². The topological polar surface area (TPSA) is 115 Å². The van der Waals surface area contributed by atoms with Gasteiger partial charge in [-0.25, -0.2) is 14.6 Å². The minimum absolute atomic E-state index is 0.0839. The molecule has 0 aliphatic carbocycles. The maximum Gasteiger partial charge on any atom is 0.408 e. The number of nitrogens with zero attached hydrogens (tertiary/aromatic N) is 2. The first-order valence-corrected chi connectivity index (χ1v) is 9.60. The molecule has 9 nitrogen and oxygen atoms in total. The van der Waals surface area contributed by atoms with Crippen LogP contribution in [0, 0.1) is 0 Å². The molecule has 29 heavy (non-hydrogen) atoms. The lowest BCUT2D eigenvalue weighted by atomic mass is 10.1. The molecule has 1 unspecified atom stereocenters. The average molecular weight is 417 g/mol. The molecule has 10 heteroatoms. The number of amides is 3. The van der Waals surface area contributed by atoms with Gasteiger partial charge in [0, 0.05) is 5.38 Å². The number of ether oxygens (including phenoxy) is 1. The van der Waals surface area contributed by atoms with E-state index >= 15 is 0 Å². The maximum atomic E-state index is 12.4. The van der Waals surface area contributed by atoms with E-state index in [2.05, 4.69) is 10.3 Å². The molecule has 1 aromatic carbocycles. The highest BCUT2D eigenvalue weighted by atomic mass is 32.1. The number of hydroxylamine groups is 2. The second-order valence-corrected chi connectivity index (χ2v) is 8.16. The summed E-state index contributed by atoms with van der Waals surface area (Å²) in [5.41, 5.74) is -0.396. The van der Waals surface area contributed by atoms with Crippen LogP contribution in [0.1, 0.15) is 69.9 Å². The quantitative estimate of drug-likeness (QED) is 0.760. The Bertz CT molecular complexity index is 959. The van der Waals surface area contributed by atoms with E-state index in [1.165, 1.54) is 17.5 Å². The van der Waals surface area contributed by atoms with E-state index in [0.29, 0.717) is 10.1 Å². The van der Waals surface area contributed by atoms with Gasteiger partial charge in [0.15, 0.2) is 5.69 Å². The van der Waals surface area contributed by atoms with Crippen LogP contribution in [0.25, 0.3) is 0 Å². The summed E-state index contributed by atoms with van der Waals surface area (Å²) in [7, 11) is 0. The molecule has 3 amide bonds. The number of rotatable bonds is 4. The first kappa shape index (κ1) is 20.5. The highest BCUT2D eigenvalue weighted by molar-refractivity contribution is 7.09. The number of thiazole rings is 1. The molecule has 152 valence electrons. The number of carbonyl (C=O) groups excluding carboxylic acids is 4. The fourth-order valence-corrected chi connectivity index (χ4v) is 3.30. The van der Waals surface area contributed by atoms with Crippen molar-refractivity contribution >= 4 is 35.2 Å². The first-order valence-electron chi connectivity index (χ1n) is 8.72. The molecular formula is C19H19N3O6S. The van der Waals surface area contributed by atoms with Gasteiger partial charge in [-0.05, 0) is 39.8 Å². The van der Waals surface area contributed by atoms with Crippen LogP contribution >= 0.6 is 11.3 Å². The zero-order chi connectivity index (χ0) is 21.3. The lowest BCUT2D eigenvalue weighted by Crippen LogP contribution is -2.34. The predicted molar refractivity (Wildman–Crippen MR) is 102 cm³/mol. The molecular weight excluding hydrogens is 398 g/mol. The Labute approximate surface area is 170 Å². The van der Waals surface area contributed by atoms with Crippen molar-refractivity contribution in [3.05, 3.63) is 51.5 Å². The zero-order valence-corrected chi connectivity index (χ0v) is 17.0. The van der Waals surface area contributed by atoms with Crippen molar-refractivity contribution in [3.8, 4) is 0 Å². The SMILES string of the molecule is CC(NC(=O)OC(C)(C)C)c1nc(C(=O)ON2C(=O)c3ccccc3C2=O)cs1. The number of benzene rings is 1. The van der Waals surface area contributed by atoms with Gasteiger partial charge in [0.05, 0.1) is 17.2 Å². The summed E-state index contributed by atoms with van der Waals surface area (Å²) in [4.78, 5) is 57.9. The number of alkyl carbamates (subject to hydrolysis) is 1. The summed E-state index contributed by atoms with van der Waals surface area (Å²) >= 11 is 1.12. The molecule has 1 atom stereocenters. The Balaban J connectivity index is 1.65. The molecule has 0 saturated carbocycles. The Hall–Kier alpha value is -3.27. The molecule has 0 bridgehead atoms. The van der Waals surface area contributed by atoms with Crippen LogP contribution in [0.2, 0.25) is 0 Å². The van der Waals surface area contributed by atoms with Crippen molar-refractivity contribution in [2.75, 3.05) is 0 Å². The maximum absolute atomic E-state index is 12.4. The van der Waals surface area contributed by atoms with Crippen LogP contribution in [-0.4, -0.2) is 39.5 Å². The lowest BCUT2D eigenvalue weighted by molar-refractivity contribution is -0.0588. The van der Waals surface area contributed by atoms with Crippen LogP contribution in [0.3, 0.4) is 0 Å². The van der Waals surface area contributed by atoms with Crippen molar-refractivity contribution in [2.24, 2.45) is 0 Å². The van der Waals surface area contributed by atoms with Crippen LogP contribution in [0.4, 0.5) is 4.79 Å². The molecule has 1 aliphatic heterocycles. The van der Waals surface area contributed by atoms with E-state index in [0.717, 1.165) is 11.3 Å². The molecule has 0 spiro atoms. The monoisotopic (exact) mass is 417 g/mol. The molecule has 1 N–H and O–H groups in total. The summed E-state index contributed by atoms with van der Waals surface area (Å²) in [5, 5.41) is 4.90. The third kappa shape index (κ3) is 4.43. The second kappa shape index (κ2) is 7.63. The number of fused-ring (bicyclic) bond motifs is 1. The van der Waals surface area contributed by atoms with E-state index in [1.807, 2.05) is 0 Å². The van der Waals surface area contributed by atoms with Crippen molar-refractivity contribution in [2.45, 2.75) is 39.3 Å². The zero-order valence-electron chi connectivity index (χ0n) is 16.2. The van der Waals surface area contributed by atoms with Gasteiger partial charge in [-0.1, -0.05) is 17.2 Å². The van der Waals surface area contributed by atoms with E-state index in [4.69, 9.17) is 9.57 Å². The smallest absolute Gasteiger partial charge is 0.408 e. The molecule has 0 radical (unpaired) electrons. The van der Waals surface area contributed by atoms with Crippen LogP contribution in [-0.2, 0) is 9.57 Å². The summed E-state index contributed by atoms with van der Waals surface area (Å²) in [6.45, 7) is 6.91. The van der Waals surface area contributed by atoms with Gasteiger partial charge in [0.2, 0.25) is 0 Å². The minimum Gasteiger partial charge on any atom is -0.444 e. The highest BCUT2D eigenvalue weighted by Crippen LogP contribution is 2.24. The van der Waals surface area contributed by atoms with Gasteiger partial charge in [-0.15, -0.1) is 11.3 Å². The molecule has 2 aromatic rings. The van der Waals surface area contributed by atoms with Crippen molar-refractivity contribution in [1.29, 1.82) is 0 Å². The molecule has 0 fully saturated rings. The Morgan fingerprint density at radius 2 is 1.72 bits per heavy atom. The second-order valence-electron chi connectivity index (χ2n) is 7.27. The van der Waals surface area contributed by atoms with E-state index < -0.39 is 35.5 Å². The Morgan fingerprint density at radius 1 is 1.14 bits per heavy atom. The molecule has 3 rings (SSSR count). The third-order valence-electron chi connectivity index (χ3n) is 3.77. The van der Waals surface area contributed by atoms with Crippen molar-refractivity contribution < 1.29 is 28.8 Å². The first-order chi connectivity index (χ1) is 13.6. The standard InChI is InChI=1S/C19H19N3O6S/c1-10(20-18(26)27-19(2,3)4)14-21-13(9-29-14)17(25)28-22-15(23)11-7-5-6-8-12(11)16(22)24/h5-10H,1-4H3,(H,20,26). The number of nitrogens with one attached hydrogen (secondary N) is 1. The average Bonchev–Trinajstić information content (AvgIpc) is 3.21. The van der Waals surface area contributed by atoms with Crippen LogP contribution < -0.4 is 5.32 Å². The van der Waals surface area contributed by atoms with Crippen molar-refractivity contribution in [3.63, 3.8) is 0 Å². The normalized spacial score (nSPS) is 14.4. The Morgan fingerprint density at radius 3 is 2.28 bits per heavy atom. The molecule has 0 saturated heterocycles. The summed E-state index contributed by atoms with van der Waals surface area (Å²) in [6.07, 6.45) is -0.615. The number of aromatic nitrogens is 1. The fourth-order valence-electron chi connectivity index (χ4n) is 2.51. The van der Waals surface area contributed by atoms with Crippen molar-refractivity contribution in [1.82, 2.24) is 15.4 Å². The largest absolute Gasteiger partial charge is 0.444 e. The number of carbonyl (C=O) groups is 4. The molecule has 1 aromatic heterocycles. The fraction of sp³-hybridized carbons (Fsp3) is 0.316. The third-order valence-corrected chi connectivity index (χ3v) is 4.79.